The maximum absolute atomic E-state index is 13.1. The van der Waals surface area contributed by atoms with E-state index in [1.54, 1.807) is 33.5 Å². The van der Waals surface area contributed by atoms with Gasteiger partial charge in [-0.25, -0.2) is 9.78 Å². The van der Waals surface area contributed by atoms with Crippen LogP contribution in [0.2, 0.25) is 0 Å². The van der Waals surface area contributed by atoms with Crippen LogP contribution in [0.1, 0.15) is 20.9 Å². The summed E-state index contributed by atoms with van der Waals surface area (Å²) in [5.74, 6) is 1.52. The molecule has 5 rings (SSSR count). The van der Waals surface area contributed by atoms with Crippen molar-refractivity contribution in [3.63, 3.8) is 0 Å². The third-order valence-electron chi connectivity index (χ3n) is 6.31. The van der Waals surface area contributed by atoms with Gasteiger partial charge in [-0.05, 0) is 42.4 Å². The molecule has 1 aliphatic rings. The van der Waals surface area contributed by atoms with Crippen LogP contribution in [0, 0.1) is 0 Å². The quantitative estimate of drug-likeness (QED) is 0.296. The van der Waals surface area contributed by atoms with Crippen molar-refractivity contribution in [3.05, 3.63) is 58.6 Å². The highest BCUT2D eigenvalue weighted by atomic mass is 32.1. The first-order valence-corrected chi connectivity index (χ1v) is 12.3. The highest BCUT2D eigenvalue weighted by Crippen LogP contribution is 2.47. The Kier molecular flexibility index (Phi) is 6.42. The van der Waals surface area contributed by atoms with Gasteiger partial charge in [-0.2, -0.15) is 0 Å². The summed E-state index contributed by atoms with van der Waals surface area (Å²) in [5, 5.41) is 0.725. The number of carbonyl (C=O) groups excluding carboxylic acids is 1. The Labute approximate surface area is 213 Å². The average Bonchev–Trinajstić information content (AvgIpc) is 3.22. The Morgan fingerprint density at radius 2 is 1.75 bits per heavy atom. The minimum Gasteiger partial charge on any atom is -0.493 e. The molecular weight excluding hydrogens is 478 g/mol. The molecule has 8 nitrogen and oxygen atoms in total. The largest absolute Gasteiger partial charge is 0.493 e. The Bertz CT molecular complexity index is 1430. The number of anilines is 1. The number of nitrogen functional groups attached to an aromatic ring is 1. The van der Waals surface area contributed by atoms with Gasteiger partial charge in [0.15, 0.2) is 11.5 Å². The van der Waals surface area contributed by atoms with E-state index in [0.717, 1.165) is 40.7 Å². The van der Waals surface area contributed by atoms with Crippen molar-refractivity contribution in [3.8, 4) is 34.1 Å². The van der Waals surface area contributed by atoms with Crippen molar-refractivity contribution in [2.75, 3.05) is 40.7 Å². The Morgan fingerprint density at radius 1 is 1.06 bits per heavy atom. The maximum atomic E-state index is 13.1. The highest BCUT2D eigenvalue weighted by Gasteiger charge is 2.29. The number of likely N-dealkylation sites (N-methyl/N-ethyl adjacent to an activating group) is 1. The number of ether oxygens (including phenoxy) is 4. The number of methoxy groups -OCH3 is 3. The lowest BCUT2D eigenvalue weighted by atomic mass is 9.91. The average molecular weight is 506 g/mol. The minimum absolute atomic E-state index is 0.325. The SMILES string of the molecule is COc1cc(-c2c3c(nc4sc(C(=O)Oc5ccccc5)c(N)c24)CCN(C)C3)cc(OC)c1OC. The van der Waals surface area contributed by atoms with Gasteiger partial charge in [-0.3, -0.25) is 0 Å². The number of esters is 1. The zero-order valence-corrected chi connectivity index (χ0v) is 21.4. The highest BCUT2D eigenvalue weighted by molar-refractivity contribution is 7.21. The first-order chi connectivity index (χ1) is 17.4. The molecule has 0 saturated heterocycles. The molecule has 2 aromatic carbocycles. The van der Waals surface area contributed by atoms with Gasteiger partial charge in [0.25, 0.3) is 0 Å². The third kappa shape index (κ3) is 4.10. The number of nitrogens with zero attached hydrogens (tertiary/aromatic N) is 2. The number of pyridine rings is 1. The summed E-state index contributed by atoms with van der Waals surface area (Å²) in [7, 11) is 6.82. The zero-order chi connectivity index (χ0) is 25.4. The van der Waals surface area contributed by atoms with Crippen molar-refractivity contribution < 1.29 is 23.7 Å². The van der Waals surface area contributed by atoms with Crippen LogP contribution < -0.4 is 24.7 Å². The number of rotatable bonds is 6. The molecule has 3 heterocycles. The Hall–Kier alpha value is -3.82. The molecule has 0 radical (unpaired) electrons. The fourth-order valence-corrected chi connectivity index (χ4v) is 5.60. The molecule has 0 unspecified atom stereocenters. The van der Waals surface area contributed by atoms with Gasteiger partial charge < -0.3 is 29.6 Å². The van der Waals surface area contributed by atoms with Gasteiger partial charge >= 0.3 is 5.97 Å². The van der Waals surface area contributed by atoms with Crippen LogP contribution in [-0.4, -0.2) is 50.8 Å². The van der Waals surface area contributed by atoms with E-state index >= 15 is 0 Å². The van der Waals surface area contributed by atoms with Gasteiger partial charge in [0.1, 0.15) is 15.5 Å². The second-order valence-corrected chi connectivity index (χ2v) is 9.54. The van der Waals surface area contributed by atoms with Gasteiger partial charge in [0, 0.05) is 36.2 Å². The number of thiophene rings is 1. The van der Waals surface area contributed by atoms with Gasteiger partial charge in [-0.15, -0.1) is 11.3 Å². The molecule has 186 valence electrons. The van der Waals surface area contributed by atoms with Gasteiger partial charge in [0.2, 0.25) is 5.75 Å². The molecule has 0 bridgehead atoms. The molecule has 4 aromatic rings. The van der Waals surface area contributed by atoms with E-state index in [-0.39, 0.29) is 0 Å². The number of hydrogen-bond donors (Lipinski definition) is 1. The van der Waals surface area contributed by atoms with Gasteiger partial charge in [0.05, 0.1) is 27.0 Å². The summed E-state index contributed by atoms with van der Waals surface area (Å²) in [5.41, 5.74) is 10.8. The number of nitrogens with two attached hydrogens (primary N) is 1. The zero-order valence-electron chi connectivity index (χ0n) is 20.6. The predicted octanol–water partition coefficient (Wildman–Crippen LogP) is 4.78. The van der Waals surface area contributed by atoms with Crippen LogP contribution in [0.15, 0.2) is 42.5 Å². The normalized spacial score (nSPS) is 13.3. The topological polar surface area (TPSA) is 96.1 Å². The number of hydrogen-bond acceptors (Lipinski definition) is 9. The second-order valence-electron chi connectivity index (χ2n) is 8.54. The summed E-state index contributed by atoms with van der Waals surface area (Å²) in [6, 6.07) is 12.8. The first-order valence-electron chi connectivity index (χ1n) is 11.4. The van der Waals surface area contributed by atoms with E-state index in [1.807, 2.05) is 30.3 Å². The molecule has 0 fully saturated rings. The molecular formula is C27H27N3O5S. The van der Waals surface area contributed by atoms with E-state index in [2.05, 4.69) is 11.9 Å². The standard InChI is InChI=1S/C27H27N3O5S/c1-30-11-10-18-17(14-30)21(15-12-19(32-2)24(34-4)20(13-15)33-3)22-23(28)25(36-26(22)29-18)27(31)35-16-8-6-5-7-9-16/h5-9,12-13H,10-11,14,28H2,1-4H3. The molecule has 0 saturated carbocycles. The van der Waals surface area contributed by atoms with Crippen molar-refractivity contribution in [2.24, 2.45) is 0 Å². The van der Waals surface area contributed by atoms with Crippen molar-refractivity contribution in [1.29, 1.82) is 0 Å². The fraction of sp³-hybridized carbons (Fsp3) is 0.259. The fourth-order valence-electron chi connectivity index (χ4n) is 4.60. The molecule has 0 amide bonds. The number of benzene rings is 2. The molecule has 1 aliphatic heterocycles. The number of fused-ring (bicyclic) bond motifs is 2. The van der Waals surface area contributed by atoms with Crippen molar-refractivity contribution in [2.45, 2.75) is 13.0 Å². The van der Waals surface area contributed by atoms with Crippen molar-refractivity contribution >= 4 is 33.2 Å². The van der Waals surface area contributed by atoms with Crippen LogP contribution in [-0.2, 0) is 13.0 Å². The first kappa shape index (κ1) is 23.9. The van der Waals surface area contributed by atoms with Crippen LogP contribution in [0.25, 0.3) is 21.3 Å². The van der Waals surface area contributed by atoms with Crippen LogP contribution in [0.5, 0.6) is 23.0 Å². The summed E-state index contributed by atoms with van der Waals surface area (Å²) in [6.07, 6.45) is 0.792. The summed E-state index contributed by atoms with van der Waals surface area (Å²) in [6.45, 7) is 1.59. The van der Waals surface area contributed by atoms with E-state index in [1.165, 1.54) is 11.3 Å². The smallest absolute Gasteiger partial charge is 0.355 e. The third-order valence-corrected chi connectivity index (χ3v) is 7.39. The Morgan fingerprint density at radius 3 is 2.39 bits per heavy atom. The van der Waals surface area contributed by atoms with Crippen molar-refractivity contribution in [1.82, 2.24) is 9.88 Å². The lowest BCUT2D eigenvalue weighted by Gasteiger charge is -2.27. The molecule has 36 heavy (non-hydrogen) atoms. The second kappa shape index (κ2) is 9.67. The molecule has 0 aliphatic carbocycles. The molecule has 2 N–H and O–H groups in total. The number of aromatic nitrogens is 1. The summed E-state index contributed by atoms with van der Waals surface area (Å²) < 4.78 is 22.4. The minimum atomic E-state index is -0.507. The summed E-state index contributed by atoms with van der Waals surface area (Å²) in [4.78, 5) is 21.3. The van der Waals surface area contributed by atoms with E-state index in [0.29, 0.717) is 44.9 Å². The van der Waals surface area contributed by atoms with Crippen LogP contribution in [0.3, 0.4) is 0 Å². The molecule has 0 atom stereocenters. The maximum Gasteiger partial charge on any atom is 0.355 e. The predicted molar refractivity (Wildman–Crippen MR) is 141 cm³/mol. The summed E-state index contributed by atoms with van der Waals surface area (Å²) >= 11 is 1.25. The van der Waals surface area contributed by atoms with Crippen LogP contribution >= 0.6 is 11.3 Å². The number of carbonyl (C=O) groups is 1. The van der Waals surface area contributed by atoms with E-state index in [9.17, 15) is 4.79 Å². The van der Waals surface area contributed by atoms with Crippen LogP contribution in [0.4, 0.5) is 5.69 Å². The Balaban J connectivity index is 1.75. The number of para-hydroxylation sites is 1. The van der Waals surface area contributed by atoms with E-state index < -0.39 is 5.97 Å². The lowest BCUT2D eigenvalue weighted by molar-refractivity contribution is 0.0741. The van der Waals surface area contributed by atoms with Gasteiger partial charge in [-0.1, -0.05) is 18.2 Å². The molecule has 0 spiro atoms. The lowest BCUT2D eigenvalue weighted by Crippen LogP contribution is -2.28. The monoisotopic (exact) mass is 505 g/mol. The molecule has 2 aromatic heterocycles. The molecule has 9 heteroatoms. The van der Waals surface area contributed by atoms with E-state index in [4.69, 9.17) is 29.7 Å².